The maximum atomic E-state index is 12.1. The van der Waals surface area contributed by atoms with Gasteiger partial charge in [0.1, 0.15) is 5.82 Å². The van der Waals surface area contributed by atoms with Crippen LogP contribution in [0.1, 0.15) is 35.2 Å². The molecule has 0 radical (unpaired) electrons. The maximum absolute atomic E-state index is 12.1. The van der Waals surface area contributed by atoms with Gasteiger partial charge in [0.25, 0.3) is 5.91 Å². The van der Waals surface area contributed by atoms with Crippen molar-refractivity contribution in [3.63, 3.8) is 0 Å². The molecule has 3 rings (SSSR count). The fourth-order valence-corrected chi connectivity index (χ4v) is 2.94. The van der Waals surface area contributed by atoms with Gasteiger partial charge in [-0.1, -0.05) is 23.7 Å². The van der Waals surface area contributed by atoms with Crippen LogP contribution >= 0.6 is 11.6 Å². The lowest BCUT2D eigenvalue weighted by Crippen LogP contribution is -2.30. The molecule has 5 heteroatoms. The van der Waals surface area contributed by atoms with E-state index in [-0.39, 0.29) is 5.91 Å². The molecule has 120 valence electrons. The zero-order chi connectivity index (χ0) is 16.1. The Hall–Kier alpha value is -2.07. The molecule has 0 aliphatic carbocycles. The van der Waals surface area contributed by atoms with Gasteiger partial charge in [-0.15, -0.1) is 0 Å². The first-order valence-corrected chi connectivity index (χ1v) is 8.34. The highest BCUT2D eigenvalue weighted by Crippen LogP contribution is 2.17. The third-order valence-corrected chi connectivity index (χ3v) is 4.26. The number of carbonyl (C=O) groups is 1. The molecule has 1 saturated heterocycles. The van der Waals surface area contributed by atoms with Crippen molar-refractivity contribution in [1.29, 1.82) is 0 Å². The molecule has 1 fully saturated rings. The van der Waals surface area contributed by atoms with Crippen LogP contribution in [0, 0.1) is 0 Å². The first kappa shape index (κ1) is 15.8. The summed E-state index contributed by atoms with van der Waals surface area (Å²) in [5.74, 6) is 0.891. The minimum atomic E-state index is -0.132. The normalized spacial score (nSPS) is 14.6. The van der Waals surface area contributed by atoms with Crippen LogP contribution in [0.5, 0.6) is 0 Å². The van der Waals surface area contributed by atoms with E-state index < -0.39 is 0 Å². The average Bonchev–Trinajstić information content (AvgIpc) is 2.61. The zero-order valence-electron chi connectivity index (χ0n) is 13.0. The van der Waals surface area contributed by atoms with Gasteiger partial charge in [-0.25, -0.2) is 4.98 Å². The molecule has 1 aliphatic heterocycles. The molecule has 23 heavy (non-hydrogen) atoms. The van der Waals surface area contributed by atoms with Gasteiger partial charge in [-0.05, 0) is 49.1 Å². The SMILES string of the molecule is O=C(NCc1ccc(N2CCCCC2)nc1)c1cccc(Cl)c1. The van der Waals surface area contributed by atoms with Crippen molar-refractivity contribution in [2.24, 2.45) is 0 Å². The fraction of sp³-hybridized carbons (Fsp3) is 0.333. The van der Waals surface area contributed by atoms with Crippen LogP contribution in [0.3, 0.4) is 0 Å². The summed E-state index contributed by atoms with van der Waals surface area (Å²) in [5.41, 5.74) is 1.55. The van der Waals surface area contributed by atoms with Gasteiger partial charge < -0.3 is 10.2 Å². The number of piperidine rings is 1. The molecule has 4 nitrogen and oxygen atoms in total. The molecule has 1 aliphatic rings. The van der Waals surface area contributed by atoms with Crippen molar-refractivity contribution in [3.05, 3.63) is 58.7 Å². The van der Waals surface area contributed by atoms with Gasteiger partial charge in [0, 0.05) is 36.4 Å². The number of benzene rings is 1. The summed E-state index contributed by atoms with van der Waals surface area (Å²) in [6, 6.07) is 11.0. The highest BCUT2D eigenvalue weighted by atomic mass is 35.5. The molecule has 1 aromatic carbocycles. The van der Waals surface area contributed by atoms with Crippen molar-refractivity contribution in [2.75, 3.05) is 18.0 Å². The second kappa shape index (κ2) is 7.47. The Labute approximate surface area is 141 Å². The van der Waals surface area contributed by atoms with E-state index in [2.05, 4.69) is 15.2 Å². The van der Waals surface area contributed by atoms with E-state index in [1.165, 1.54) is 19.3 Å². The number of rotatable bonds is 4. The topological polar surface area (TPSA) is 45.2 Å². The Kier molecular flexibility index (Phi) is 5.13. The van der Waals surface area contributed by atoms with Gasteiger partial charge in [0.05, 0.1) is 0 Å². The van der Waals surface area contributed by atoms with Gasteiger partial charge in [0.2, 0.25) is 0 Å². The predicted molar refractivity (Wildman–Crippen MR) is 92.9 cm³/mol. The van der Waals surface area contributed by atoms with Crippen LogP contribution in [0.15, 0.2) is 42.6 Å². The monoisotopic (exact) mass is 329 g/mol. The van der Waals surface area contributed by atoms with Crippen molar-refractivity contribution in [2.45, 2.75) is 25.8 Å². The third-order valence-electron chi connectivity index (χ3n) is 4.03. The fourth-order valence-electron chi connectivity index (χ4n) is 2.75. The minimum absolute atomic E-state index is 0.132. The molecule has 0 bridgehead atoms. The second-order valence-electron chi connectivity index (χ2n) is 5.77. The van der Waals surface area contributed by atoms with Crippen LogP contribution < -0.4 is 10.2 Å². The maximum Gasteiger partial charge on any atom is 0.251 e. The number of pyridine rings is 1. The lowest BCUT2D eigenvalue weighted by atomic mass is 10.1. The number of nitrogens with zero attached hydrogens (tertiary/aromatic N) is 2. The Morgan fingerprint density at radius 2 is 2.00 bits per heavy atom. The van der Waals surface area contributed by atoms with Crippen molar-refractivity contribution in [1.82, 2.24) is 10.3 Å². The van der Waals surface area contributed by atoms with Crippen molar-refractivity contribution in [3.8, 4) is 0 Å². The van der Waals surface area contributed by atoms with Crippen LogP contribution in [0.4, 0.5) is 5.82 Å². The highest BCUT2D eigenvalue weighted by Gasteiger charge is 2.12. The van der Waals surface area contributed by atoms with E-state index >= 15 is 0 Å². The minimum Gasteiger partial charge on any atom is -0.357 e. The van der Waals surface area contributed by atoms with E-state index in [1.807, 2.05) is 18.3 Å². The van der Waals surface area contributed by atoms with Gasteiger partial charge in [-0.3, -0.25) is 4.79 Å². The van der Waals surface area contributed by atoms with E-state index in [9.17, 15) is 4.79 Å². The summed E-state index contributed by atoms with van der Waals surface area (Å²) in [4.78, 5) is 18.9. The Morgan fingerprint density at radius 3 is 2.70 bits per heavy atom. The van der Waals surface area contributed by atoms with Crippen LogP contribution in [-0.2, 0) is 6.54 Å². The lowest BCUT2D eigenvalue weighted by molar-refractivity contribution is 0.0951. The largest absolute Gasteiger partial charge is 0.357 e. The number of amides is 1. The van der Waals surface area contributed by atoms with Crippen molar-refractivity contribution >= 4 is 23.3 Å². The van der Waals surface area contributed by atoms with E-state index in [4.69, 9.17) is 11.6 Å². The number of hydrogen-bond acceptors (Lipinski definition) is 3. The van der Waals surface area contributed by atoms with Crippen LogP contribution in [-0.4, -0.2) is 24.0 Å². The molecule has 0 atom stereocenters. The number of carbonyl (C=O) groups excluding carboxylic acids is 1. The standard InChI is InChI=1S/C18H20ClN3O/c19-16-6-4-5-15(11-16)18(23)21-13-14-7-8-17(20-12-14)22-9-2-1-3-10-22/h4-8,11-12H,1-3,9-10,13H2,(H,21,23). The highest BCUT2D eigenvalue weighted by molar-refractivity contribution is 6.30. The third kappa shape index (κ3) is 4.23. The molecule has 0 spiro atoms. The van der Waals surface area contributed by atoms with E-state index in [0.717, 1.165) is 24.5 Å². The Balaban J connectivity index is 1.57. The molecule has 2 heterocycles. The van der Waals surface area contributed by atoms with Crippen LogP contribution in [0.25, 0.3) is 0 Å². The molecule has 2 aromatic rings. The van der Waals surface area contributed by atoms with Gasteiger partial charge >= 0.3 is 0 Å². The Morgan fingerprint density at radius 1 is 1.17 bits per heavy atom. The lowest BCUT2D eigenvalue weighted by Gasteiger charge is -2.27. The number of aromatic nitrogens is 1. The van der Waals surface area contributed by atoms with Gasteiger partial charge in [0.15, 0.2) is 0 Å². The summed E-state index contributed by atoms with van der Waals surface area (Å²) in [7, 11) is 0. The molecule has 0 unspecified atom stereocenters. The summed E-state index contributed by atoms with van der Waals surface area (Å²) >= 11 is 5.90. The predicted octanol–water partition coefficient (Wildman–Crippen LogP) is 3.66. The van der Waals surface area contributed by atoms with E-state index in [0.29, 0.717) is 17.1 Å². The summed E-state index contributed by atoms with van der Waals surface area (Å²) in [5, 5.41) is 3.45. The summed E-state index contributed by atoms with van der Waals surface area (Å²) in [6.45, 7) is 2.62. The van der Waals surface area contributed by atoms with Crippen LogP contribution in [0.2, 0.25) is 5.02 Å². The first-order valence-electron chi connectivity index (χ1n) is 7.96. The molecular weight excluding hydrogens is 310 g/mol. The zero-order valence-corrected chi connectivity index (χ0v) is 13.7. The summed E-state index contributed by atoms with van der Waals surface area (Å²) in [6.07, 6.45) is 5.62. The molecule has 0 saturated carbocycles. The number of anilines is 1. The summed E-state index contributed by atoms with van der Waals surface area (Å²) < 4.78 is 0. The van der Waals surface area contributed by atoms with Crippen molar-refractivity contribution < 1.29 is 4.79 Å². The molecule has 1 N–H and O–H groups in total. The molecule has 1 amide bonds. The number of hydrogen-bond donors (Lipinski definition) is 1. The number of nitrogens with one attached hydrogen (secondary N) is 1. The quantitative estimate of drug-likeness (QED) is 0.931. The first-order chi connectivity index (χ1) is 11.2. The smallest absolute Gasteiger partial charge is 0.251 e. The van der Waals surface area contributed by atoms with Gasteiger partial charge in [-0.2, -0.15) is 0 Å². The average molecular weight is 330 g/mol. The number of halogens is 1. The second-order valence-corrected chi connectivity index (χ2v) is 6.20. The van der Waals surface area contributed by atoms with E-state index in [1.54, 1.807) is 24.3 Å². The molecular formula is C18H20ClN3O. The molecule has 1 aromatic heterocycles. The Bertz CT molecular complexity index is 666.